The zero-order valence-electron chi connectivity index (χ0n) is 14.4. The van der Waals surface area contributed by atoms with Crippen molar-refractivity contribution in [2.75, 3.05) is 12.9 Å². The second kappa shape index (κ2) is 8.16. The Hall–Kier alpha value is -2.29. The third-order valence-corrected chi connectivity index (χ3v) is 4.94. The van der Waals surface area contributed by atoms with Crippen LogP contribution in [0.25, 0.3) is 0 Å². The van der Waals surface area contributed by atoms with Crippen LogP contribution in [0, 0.1) is 6.92 Å². The van der Waals surface area contributed by atoms with Crippen molar-refractivity contribution >= 4 is 22.2 Å². The number of aryl methyl sites for hydroxylation is 1. The lowest BCUT2D eigenvalue weighted by Crippen LogP contribution is -2.46. The first-order chi connectivity index (χ1) is 12.5. The second-order valence-electron chi connectivity index (χ2n) is 5.63. The first kappa shape index (κ1) is 21.0. The normalized spacial score (nSPS) is 14.1. The van der Waals surface area contributed by atoms with Gasteiger partial charge in [0.25, 0.3) is 0 Å². The van der Waals surface area contributed by atoms with Gasteiger partial charge in [-0.25, -0.2) is 0 Å². The molecule has 0 fully saturated rings. The van der Waals surface area contributed by atoms with Gasteiger partial charge in [-0.1, -0.05) is 17.7 Å². The molecule has 0 aliphatic rings. The highest BCUT2D eigenvalue weighted by Crippen LogP contribution is 2.38. The van der Waals surface area contributed by atoms with Crippen molar-refractivity contribution in [1.29, 1.82) is 0 Å². The van der Waals surface area contributed by atoms with Gasteiger partial charge >= 0.3 is 12.1 Å². The predicted molar refractivity (Wildman–Crippen MR) is 93.5 cm³/mol. The summed E-state index contributed by atoms with van der Waals surface area (Å²) in [5, 5.41) is 0. The molecule has 9 heteroatoms. The number of rotatable bonds is 6. The van der Waals surface area contributed by atoms with Crippen molar-refractivity contribution in [3.8, 4) is 5.75 Å². The van der Waals surface area contributed by atoms with Crippen LogP contribution in [0.5, 0.6) is 5.75 Å². The monoisotopic (exact) mass is 405 g/mol. The topological polar surface area (TPSA) is 38.7 Å². The van der Waals surface area contributed by atoms with Crippen LogP contribution in [0.4, 0.5) is 27.6 Å². The summed E-state index contributed by atoms with van der Waals surface area (Å²) in [7, 11) is -0.737. The average molecular weight is 405 g/mol. The average Bonchev–Trinajstić information content (AvgIpc) is 2.61. The largest absolute Gasteiger partial charge is 0.497 e. The Balaban J connectivity index is 2.41. The zero-order valence-corrected chi connectivity index (χ0v) is 15.2. The van der Waals surface area contributed by atoms with E-state index in [1.54, 1.807) is 19.1 Å². The summed E-state index contributed by atoms with van der Waals surface area (Å²) in [6, 6.07) is 11.2. The molecular weight excluding hydrogens is 389 g/mol. The Morgan fingerprint density at radius 2 is 1.56 bits per heavy atom. The zero-order chi connectivity index (χ0) is 20.2. The molecule has 2 aromatic carbocycles. The minimum atomic E-state index is -5.85. The third kappa shape index (κ3) is 5.12. The van der Waals surface area contributed by atoms with Gasteiger partial charge in [0.15, 0.2) is 0 Å². The van der Waals surface area contributed by atoms with Gasteiger partial charge in [-0.3, -0.25) is 9.20 Å². The third-order valence-electron chi connectivity index (χ3n) is 3.61. The Morgan fingerprint density at radius 1 is 1.00 bits per heavy atom. The number of methoxy groups -OCH3 is 1. The van der Waals surface area contributed by atoms with E-state index in [0.29, 0.717) is 5.75 Å². The minimum absolute atomic E-state index is 0.129. The molecule has 0 aliphatic heterocycles. The number of alkyl halides is 5. The molecule has 1 atom stereocenters. The molecule has 0 N–H and O–H groups in total. The van der Waals surface area contributed by atoms with Crippen molar-refractivity contribution in [2.45, 2.75) is 23.9 Å². The highest BCUT2D eigenvalue weighted by molar-refractivity contribution is 7.85. The van der Waals surface area contributed by atoms with E-state index in [4.69, 9.17) is 4.74 Å². The van der Waals surface area contributed by atoms with Gasteiger partial charge in [-0.05, 0) is 43.3 Å². The number of hydrogen-bond acceptors (Lipinski definition) is 3. The van der Waals surface area contributed by atoms with Gasteiger partial charge in [-0.2, -0.15) is 22.0 Å². The summed E-state index contributed by atoms with van der Waals surface area (Å²) >= 11 is 0. The van der Waals surface area contributed by atoms with Crippen molar-refractivity contribution < 1.29 is 30.9 Å². The summed E-state index contributed by atoms with van der Waals surface area (Å²) in [6.45, 7) is 1.76. The van der Waals surface area contributed by atoms with E-state index in [9.17, 15) is 26.2 Å². The van der Waals surface area contributed by atoms with E-state index in [-0.39, 0.29) is 10.6 Å². The van der Waals surface area contributed by atoms with E-state index in [1.807, 2.05) is 0 Å². The molecule has 0 spiro atoms. The van der Waals surface area contributed by atoms with Crippen molar-refractivity contribution in [1.82, 2.24) is 0 Å². The van der Waals surface area contributed by atoms with E-state index >= 15 is 0 Å². The van der Waals surface area contributed by atoms with Gasteiger partial charge < -0.3 is 4.74 Å². The molecule has 0 aliphatic carbocycles. The SMILES string of the molecule is COc1ccc(N=C(CS(=O)c2ccc(C)cc2)C(F)(F)C(F)(F)F)cc1. The molecule has 0 heterocycles. The fourth-order valence-corrected chi connectivity index (χ4v) is 3.17. The van der Waals surface area contributed by atoms with E-state index < -0.39 is 34.4 Å². The molecule has 0 bridgehead atoms. The maximum atomic E-state index is 14.0. The van der Waals surface area contributed by atoms with Crippen LogP contribution >= 0.6 is 0 Å². The first-order valence-electron chi connectivity index (χ1n) is 7.66. The number of halogens is 5. The number of hydrogen-bond donors (Lipinski definition) is 0. The molecule has 1 unspecified atom stereocenters. The van der Waals surface area contributed by atoms with Crippen LogP contribution < -0.4 is 4.74 Å². The summed E-state index contributed by atoms with van der Waals surface area (Å²) in [5.74, 6) is -5.88. The van der Waals surface area contributed by atoms with Gasteiger partial charge in [-0.15, -0.1) is 0 Å². The van der Waals surface area contributed by atoms with E-state index in [2.05, 4.69) is 4.99 Å². The highest BCUT2D eigenvalue weighted by atomic mass is 32.2. The Morgan fingerprint density at radius 3 is 2.04 bits per heavy atom. The molecule has 0 aromatic heterocycles. The van der Waals surface area contributed by atoms with Gasteiger partial charge in [0.05, 0.1) is 29.3 Å². The van der Waals surface area contributed by atoms with Crippen LogP contribution in [-0.4, -0.2) is 34.9 Å². The van der Waals surface area contributed by atoms with Crippen LogP contribution in [0.2, 0.25) is 0 Å². The lowest BCUT2D eigenvalue weighted by atomic mass is 10.2. The Bertz CT molecular complexity index is 830. The van der Waals surface area contributed by atoms with Crippen LogP contribution in [-0.2, 0) is 10.8 Å². The van der Waals surface area contributed by atoms with Crippen molar-refractivity contribution in [3.63, 3.8) is 0 Å². The fraction of sp³-hybridized carbons (Fsp3) is 0.278. The summed E-state index contributed by atoms with van der Waals surface area (Å²) in [5.41, 5.74) is -0.807. The molecule has 0 saturated heterocycles. The van der Waals surface area contributed by atoms with Crippen molar-refractivity contribution in [3.05, 3.63) is 54.1 Å². The molecule has 0 radical (unpaired) electrons. The maximum absolute atomic E-state index is 14.0. The van der Waals surface area contributed by atoms with Crippen molar-refractivity contribution in [2.24, 2.45) is 4.99 Å². The quantitative estimate of drug-likeness (QED) is 0.497. The number of ether oxygens (including phenoxy) is 1. The molecule has 2 aromatic rings. The van der Waals surface area contributed by atoms with E-state index in [1.165, 1.54) is 43.5 Å². The molecule has 146 valence electrons. The Labute approximate surface area is 155 Å². The first-order valence-corrected chi connectivity index (χ1v) is 8.98. The van der Waals surface area contributed by atoms with Crippen LogP contribution in [0.3, 0.4) is 0 Å². The predicted octanol–water partition coefficient (Wildman–Crippen LogP) is 5.08. The molecule has 2 rings (SSSR count). The molecule has 3 nitrogen and oxygen atoms in total. The number of nitrogens with zero attached hydrogens (tertiary/aromatic N) is 1. The summed E-state index contributed by atoms with van der Waals surface area (Å²) in [6.07, 6.45) is -5.85. The van der Waals surface area contributed by atoms with Gasteiger partial charge in [0.1, 0.15) is 11.5 Å². The number of benzene rings is 2. The van der Waals surface area contributed by atoms with Gasteiger partial charge in [0, 0.05) is 4.90 Å². The maximum Gasteiger partial charge on any atom is 0.459 e. The highest BCUT2D eigenvalue weighted by Gasteiger charge is 2.61. The number of aliphatic imine (C=N–C) groups is 1. The Kier molecular flexibility index (Phi) is 6.35. The summed E-state index contributed by atoms with van der Waals surface area (Å²) in [4.78, 5) is 3.59. The molecule has 0 amide bonds. The molecule has 27 heavy (non-hydrogen) atoms. The lowest BCUT2D eigenvalue weighted by Gasteiger charge is -2.21. The minimum Gasteiger partial charge on any atom is -0.497 e. The molecular formula is C18H16F5NO2S. The van der Waals surface area contributed by atoms with Crippen LogP contribution in [0.15, 0.2) is 58.4 Å². The molecule has 0 saturated carbocycles. The standard InChI is InChI=1S/C18H16F5NO2S/c1-12-3-9-15(10-4-12)27(25)11-16(17(19,20)18(21,22)23)24-13-5-7-14(26-2)8-6-13/h3-10H,11H2,1-2H3. The second-order valence-corrected chi connectivity index (χ2v) is 7.08. The smallest absolute Gasteiger partial charge is 0.459 e. The van der Waals surface area contributed by atoms with Crippen LogP contribution in [0.1, 0.15) is 5.56 Å². The van der Waals surface area contributed by atoms with Gasteiger partial charge in [0.2, 0.25) is 0 Å². The lowest BCUT2D eigenvalue weighted by molar-refractivity contribution is -0.249. The fourth-order valence-electron chi connectivity index (χ4n) is 2.07. The summed E-state index contributed by atoms with van der Waals surface area (Å²) < 4.78 is 83.7. The van der Waals surface area contributed by atoms with E-state index in [0.717, 1.165) is 5.56 Å².